The number of thioether (sulfide) groups is 1. The summed E-state index contributed by atoms with van der Waals surface area (Å²) in [6.07, 6.45) is 1.46. The number of nitrogens with one attached hydrogen (secondary N) is 1. The fourth-order valence-corrected chi connectivity index (χ4v) is 3.86. The van der Waals surface area contributed by atoms with Gasteiger partial charge < -0.3 is 4.74 Å². The van der Waals surface area contributed by atoms with Gasteiger partial charge in [-0.2, -0.15) is 5.10 Å². The number of benzene rings is 3. The Morgan fingerprint density at radius 2 is 1.79 bits per heavy atom. The molecule has 3 aromatic carbocycles. The molecule has 0 aliphatic rings. The van der Waals surface area contributed by atoms with Gasteiger partial charge in [0, 0.05) is 11.3 Å². The lowest BCUT2D eigenvalue weighted by atomic mass is 10.2. The predicted molar refractivity (Wildman–Crippen MR) is 131 cm³/mol. The van der Waals surface area contributed by atoms with Crippen LogP contribution in [0.4, 0.5) is 4.39 Å². The molecular weight excluding hydrogens is 453 g/mol. The molecule has 0 fully saturated rings. The fourth-order valence-electron chi connectivity index (χ4n) is 3.12. The van der Waals surface area contributed by atoms with Crippen LogP contribution in [-0.2, 0) is 4.79 Å². The standard InChI is InChI=1S/C25H22FN5O2S/c1-2-33-22-14-12-21(13-15-22)31-24(19-6-4-3-5-7-19)29-30-25(31)34-17-23(32)28-27-16-18-8-10-20(26)11-9-18/h3-16H,2,17H2,1H3,(H,28,32)/b27-16+. The average molecular weight is 476 g/mol. The van der Waals surface area contributed by atoms with E-state index in [1.54, 1.807) is 12.1 Å². The molecule has 0 radical (unpaired) electrons. The Hall–Kier alpha value is -3.98. The van der Waals surface area contributed by atoms with Crippen LogP contribution in [0, 0.1) is 5.82 Å². The Morgan fingerprint density at radius 1 is 1.06 bits per heavy atom. The van der Waals surface area contributed by atoms with Crippen molar-refractivity contribution in [1.29, 1.82) is 0 Å². The van der Waals surface area contributed by atoms with Crippen molar-refractivity contribution in [3.8, 4) is 22.8 Å². The number of aromatic nitrogens is 3. The zero-order valence-electron chi connectivity index (χ0n) is 18.4. The molecule has 0 bridgehead atoms. The Balaban J connectivity index is 1.50. The average Bonchev–Trinajstić information content (AvgIpc) is 3.29. The Bertz CT molecular complexity index is 1260. The van der Waals surface area contributed by atoms with Gasteiger partial charge in [0.15, 0.2) is 11.0 Å². The van der Waals surface area contributed by atoms with E-state index in [9.17, 15) is 9.18 Å². The second kappa shape index (κ2) is 11.2. The van der Waals surface area contributed by atoms with Crippen LogP contribution < -0.4 is 10.2 Å². The van der Waals surface area contributed by atoms with Crippen LogP contribution in [-0.4, -0.2) is 39.2 Å². The van der Waals surface area contributed by atoms with Crippen molar-refractivity contribution in [3.05, 3.63) is 90.2 Å². The molecule has 34 heavy (non-hydrogen) atoms. The first-order valence-corrected chi connectivity index (χ1v) is 11.6. The van der Waals surface area contributed by atoms with Crippen LogP contribution in [0.15, 0.2) is 89.1 Å². The largest absolute Gasteiger partial charge is 0.494 e. The molecular formula is C25H22FN5O2S. The number of hydrogen-bond acceptors (Lipinski definition) is 6. The predicted octanol–water partition coefficient (Wildman–Crippen LogP) is 4.71. The Morgan fingerprint density at radius 3 is 2.50 bits per heavy atom. The first-order chi connectivity index (χ1) is 16.6. The SMILES string of the molecule is CCOc1ccc(-n2c(SCC(=O)N/N=C/c3ccc(F)cc3)nnc2-c2ccccc2)cc1. The Labute approximate surface area is 200 Å². The summed E-state index contributed by atoms with van der Waals surface area (Å²) < 4.78 is 20.4. The van der Waals surface area contributed by atoms with E-state index in [-0.39, 0.29) is 17.5 Å². The van der Waals surface area contributed by atoms with Gasteiger partial charge in [-0.25, -0.2) is 9.82 Å². The number of carbonyl (C=O) groups is 1. The topological polar surface area (TPSA) is 81.4 Å². The smallest absolute Gasteiger partial charge is 0.250 e. The van der Waals surface area contributed by atoms with Crippen molar-refractivity contribution in [1.82, 2.24) is 20.2 Å². The van der Waals surface area contributed by atoms with Crippen LogP contribution in [0.25, 0.3) is 17.1 Å². The number of carbonyl (C=O) groups excluding carboxylic acids is 1. The third-order valence-corrected chi connectivity index (χ3v) is 5.61. The van der Waals surface area contributed by atoms with Crippen LogP contribution >= 0.6 is 11.8 Å². The molecule has 0 saturated carbocycles. The molecule has 9 heteroatoms. The molecule has 1 amide bonds. The van der Waals surface area contributed by atoms with Crippen molar-refractivity contribution in [3.63, 3.8) is 0 Å². The number of rotatable bonds is 9. The lowest BCUT2D eigenvalue weighted by molar-refractivity contribution is -0.118. The van der Waals surface area contributed by atoms with Crippen molar-refractivity contribution >= 4 is 23.9 Å². The highest BCUT2D eigenvalue weighted by atomic mass is 32.2. The summed E-state index contributed by atoms with van der Waals surface area (Å²) in [5, 5.41) is 13.2. The van der Waals surface area contributed by atoms with Crippen molar-refractivity contribution in [2.24, 2.45) is 5.10 Å². The quantitative estimate of drug-likeness (QED) is 0.215. The first-order valence-electron chi connectivity index (χ1n) is 10.6. The van der Waals surface area contributed by atoms with Crippen LogP contribution in [0.1, 0.15) is 12.5 Å². The minimum absolute atomic E-state index is 0.0880. The number of halogens is 1. The minimum atomic E-state index is -0.330. The van der Waals surface area contributed by atoms with Gasteiger partial charge in [-0.1, -0.05) is 54.2 Å². The molecule has 4 aromatic rings. The highest BCUT2D eigenvalue weighted by Gasteiger charge is 2.17. The molecule has 1 N–H and O–H groups in total. The number of ether oxygens (including phenoxy) is 1. The van der Waals surface area contributed by atoms with E-state index in [1.807, 2.05) is 66.1 Å². The maximum Gasteiger partial charge on any atom is 0.250 e. The molecule has 0 aliphatic heterocycles. The van der Waals surface area contributed by atoms with E-state index in [0.29, 0.717) is 23.2 Å². The number of hydrogen-bond donors (Lipinski definition) is 1. The highest BCUT2D eigenvalue weighted by molar-refractivity contribution is 7.99. The Kier molecular flexibility index (Phi) is 7.67. The van der Waals surface area contributed by atoms with E-state index in [1.165, 1.54) is 30.1 Å². The van der Waals surface area contributed by atoms with E-state index in [2.05, 4.69) is 20.7 Å². The summed E-state index contributed by atoms with van der Waals surface area (Å²) in [6.45, 7) is 2.52. The van der Waals surface area contributed by atoms with E-state index in [0.717, 1.165) is 17.0 Å². The van der Waals surface area contributed by atoms with Gasteiger partial charge in [0.05, 0.1) is 18.6 Å². The molecule has 1 aromatic heterocycles. The second-order valence-electron chi connectivity index (χ2n) is 7.07. The maximum atomic E-state index is 13.0. The van der Waals surface area contributed by atoms with E-state index < -0.39 is 0 Å². The van der Waals surface area contributed by atoms with Gasteiger partial charge in [-0.05, 0) is 48.9 Å². The monoisotopic (exact) mass is 475 g/mol. The van der Waals surface area contributed by atoms with Gasteiger partial charge >= 0.3 is 0 Å². The lowest BCUT2D eigenvalue weighted by Gasteiger charge is -2.11. The van der Waals surface area contributed by atoms with Gasteiger partial charge in [0.25, 0.3) is 5.91 Å². The van der Waals surface area contributed by atoms with Crippen LogP contribution in [0.3, 0.4) is 0 Å². The molecule has 1 heterocycles. The van der Waals surface area contributed by atoms with Crippen molar-refractivity contribution < 1.29 is 13.9 Å². The molecule has 0 atom stereocenters. The zero-order chi connectivity index (χ0) is 23.8. The van der Waals surface area contributed by atoms with Crippen molar-refractivity contribution in [2.45, 2.75) is 12.1 Å². The molecule has 172 valence electrons. The number of hydrazone groups is 1. The van der Waals surface area contributed by atoms with Gasteiger partial charge in [-0.15, -0.1) is 10.2 Å². The van der Waals surface area contributed by atoms with E-state index >= 15 is 0 Å². The third kappa shape index (κ3) is 5.87. The minimum Gasteiger partial charge on any atom is -0.494 e. The van der Waals surface area contributed by atoms with E-state index in [4.69, 9.17) is 4.74 Å². The zero-order valence-corrected chi connectivity index (χ0v) is 19.2. The molecule has 0 spiro atoms. The van der Waals surface area contributed by atoms with Crippen LogP contribution in [0.2, 0.25) is 0 Å². The van der Waals surface area contributed by atoms with Gasteiger partial charge in [0.1, 0.15) is 11.6 Å². The maximum absolute atomic E-state index is 13.0. The molecule has 0 aliphatic carbocycles. The van der Waals surface area contributed by atoms with Gasteiger partial charge in [-0.3, -0.25) is 9.36 Å². The number of nitrogens with zero attached hydrogens (tertiary/aromatic N) is 4. The highest BCUT2D eigenvalue weighted by Crippen LogP contribution is 2.28. The molecule has 0 unspecified atom stereocenters. The molecule has 0 saturated heterocycles. The summed E-state index contributed by atoms with van der Waals surface area (Å²) in [4.78, 5) is 12.3. The summed E-state index contributed by atoms with van der Waals surface area (Å²) in [6, 6.07) is 23.2. The molecule has 4 rings (SSSR count). The fraction of sp³-hybridized carbons (Fsp3) is 0.120. The third-order valence-electron chi connectivity index (χ3n) is 4.68. The number of amides is 1. The summed E-state index contributed by atoms with van der Waals surface area (Å²) in [5.74, 6) is 0.898. The summed E-state index contributed by atoms with van der Waals surface area (Å²) >= 11 is 1.25. The summed E-state index contributed by atoms with van der Waals surface area (Å²) in [7, 11) is 0. The summed E-state index contributed by atoms with van der Waals surface area (Å²) in [5.41, 5.74) is 4.91. The normalized spacial score (nSPS) is 11.0. The first kappa shape index (κ1) is 23.2. The lowest BCUT2D eigenvalue weighted by Crippen LogP contribution is -2.20. The van der Waals surface area contributed by atoms with Gasteiger partial charge in [0.2, 0.25) is 0 Å². The second-order valence-corrected chi connectivity index (χ2v) is 8.01. The van der Waals surface area contributed by atoms with Crippen molar-refractivity contribution in [2.75, 3.05) is 12.4 Å². The molecule has 7 nitrogen and oxygen atoms in total. The van der Waals surface area contributed by atoms with Crippen LogP contribution in [0.5, 0.6) is 5.75 Å².